The van der Waals surface area contributed by atoms with Gasteiger partial charge in [-0.2, -0.15) is 0 Å². The van der Waals surface area contributed by atoms with Crippen molar-refractivity contribution in [3.63, 3.8) is 0 Å². The zero-order chi connectivity index (χ0) is 16.2. The van der Waals surface area contributed by atoms with Gasteiger partial charge in [-0.25, -0.2) is 4.98 Å². The maximum atomic E-state index is 5.78. The lowest BCUT2D eigenvalue weighted by molar-refractivity contribution is 0.623. The van der Waals surface area contributed by atoms with E-state index in [4.69, 9.17) is 10.7 Å². The topological polar surface area (TPSA) is 43.8 Å². The van der Waals surface area contributed by atoms with Gasteiger partial charge in [0.05, 0.1) is 11.0 Å². The van der Waals surface area contributed by atoms with Crippen LogP contribution in [0.2, 0.25) is 0 Å². The minimum Gasteiger partial charge on any atom is -0.330 e. The molecule has 0 saturated carbocycles. The third-order valence-corrected chi connectivity index (χ3v) is 4.50. The molecule has 3 rings (SSSR count). The summed E-state index contributed by atoms with van der Waals surface area (Å²) in [5.74, 6) is 1.11. The molecule has 3 aromatic rings. The zero-order valence-corrected chi connectivity index (χ0v) is 14.0. The Bertz CT molecular complexity index is 788. The van der Waals surface area contributed by atoms with Crippen molar-refractivity contribution < 1.29 is 0 Å². The van der Waals surface area contributed by atoms with Gasteiger partial charge in [0.1, 0.15) is 5.82 Å². The minimum atomic E-state index is 0.639. The summed E-state index contributed by atoms with van der Waals surface area (Å²) in [4.78, 5) is 4.81. The molecule has 0 radical (unpaired) electrons. The van der Waals surface area contributed by atoms with Crippen LogP contribution in [0.3, 0.4) is 0 Å². The highest BCUT2D eigenvalue weighted by Crippen LogP contribution is 2.22. The van der Waals surface area contributed by atoms with Gasteiger partial charge in [-0.3, -0.25) is 0 Å². The van der Waals surface area contributed by atoms with E-state index in [9.17, 15) is 0 Å². The fourth-order valence-corrected chi connectivity index (χ4v) is 3.09. The highest BCUT2D eigenvalue weighted by molar-refractivity contribution is 5.78. The summed E-state index contributed by atoms with van der Waals surface area (Å²) >= 11 is 0. The Labute approximate surface area is 138 Å². The van der Waals surface area contributed by atoms with Crippen LogP contribution in [0, 0.1) is 13.8 Å². The van der Waals surface area contributed by atoms with Crippen molar-refractivity contribution in [2.24, 2.45) is 5.73 Å². The van der Waals surface area contributed by atoms with E-state index in [2.05, 4.69) is 60.9 Å². The molecule has 0 atom stereocenters. The second kappa shape index (κ2) is 6.97. The molecule has 0 saturated heterocycles. The Morgan fingerprint density at radius 2 is 1.74 bits per heavy atom. The lowest BCUT2D eigenvalue weighted by atomic mass is 10.1. The predicted octanol–water partition coefficient (Wildman–Crippen LogP) is 3.79. The summed E-state index contributed by atoms with van der Waals surface area (Å²) in [6, 6.07) is 15.1. The second-order valence-corrected chi connectivity index (χ2v) is 6.23. The van der Waals surface area contributed by atoms with Crippen LogP contribution < -0.4 is 5.73 Å². The van der Waals surface area contributed by atoms with Gasteiger partial charge in [0, 0.05) is 13.0 Å². The molecule has 3 heteroatoms. The smallest absolute Gasteiger partial charge is 0.111 e. The van der Waals surface area contributed by atoms with Crippen LogP contribution in [-0.4, -0.2) is 16.1 Å². The normalized spacial score (nSPS) is 11.3. The van der Waals surface area contributed by atoms with Crippen molar-refractivity contribution in [3.05, 3.63) is 65.0 Å². The molecule has 0 aliphatic carbocycles. The van der Waals surface area contributed by atoms with E-state index in [0.717, 1.165) is 37.1 Å². The van der Waals surface area contributed by atoms with Crippen LogP contribution >= 0.6 is 0 Å². The molecule has 0 aliphatic rings. The first-order valence-electron chi connectivity index (χ1n) is 8.39. The number of nitrogens with two attached hydrogens (primary N) is 1. The Morgan fingerprint density at radius 1 is 1.00 bits per heavy atom. The molecule has 120 valence electrons. The van der Waals surface area contributed by atoms with Crippen LogP contribution in [0.25, 0.3) is 11.0 Å². The Kier molecular flexibility index (Phi) is 4.77. The summed E-state index contributed by atoms with van der Waals surface area (Å²) in [5.41, 5.74) is 12.1. The molecule has 2 aromatic carbocycles. The molecule has 0 aliphatic heterocycles. The summed E-state index contributed by atoms with van der Waals surface area (Å²) in [5, 5.41) is 0. The van der Waals surface area contributed by atoms with Crippen LogP contribution in [0.1, 0.15) is 28.9 Å². The molecule has 0 bridgehead atoms. The van der Waals surface area contributed by atoms with E-state index in [0.29, 0.717) is 6.54 Å². The van der Waals surface area contributed by atoms with Gasteiger partial charge < -0.3 is 10.3 Å². The summed E-state index contributed by atoms with van der Waals surface area (Å²) in [7, 11) is 0. The first-order valence-corrected chi connectivity index (χ1v) is 8.39. The molecule has 2 N–H and O–H groups in total. The average Bonchev–Trinajstić information content (AvgIpc) is 2.86. The van der Waals surface area contributed by atoms with E-state index >= 15 is 0 Å². The number of benzene rings is 2. The largest absolute Gasteiger partial charge is 0.330 e. The van der Waals surface area contributed by atoms with Gasteiger partial charge >= 0.3 is 0 Å². The van der Waals surface area contributed by atoms with E-state index in [1.807, 2.05) is 0 Å². The molecular weight excluding hydrogens is 282 g/mol. The van der Waals surface area contributed by atoms with Crippen LogP contribution in [0.15, 0.2) is 42.5 Å². The third kappa shape index (κ3) is 3.45. The standard InChI is InChI=1S/C20H25N3/c1-15-13-18-19(14-16(15)2)23(20(22-18)10-11-21)12-6-9-17-7-4-3-5-8-17/h3-5,7-8,13-14H,6,9-12,21H2,1-2H3. The monoisotopic (exact) mass is 307 g/mol. The number of aryl methyl sites for hydroxylation is 4. The lowest BCUT2D eigenvalue weighted by Gasteiger charge is -2.10. The van der Waals surface area contributed by atoms with Gasteiger partial charge in [-0.1, -0.05) is 30.3 Å². The van der Waals surface area contributed by atoms with Crippen molar-refractivity contribution in [1.29, 1.82) is 0 Å². The highest BCUT2D eigenvalue weighted by atomic mass is 15.1. The predicted molar refractivity (Wildman–Crippen MR) is 96.7 cm³/mol. The highest BCUT2D eigenvalue weighted by Gasteiger charge is 2.11. The number of imidazole rings is 1. The number of rotatable bonds is 6. The number of hydrogen-bond acceptors (Lipinski definition) is 2. The summed E-state index contributed by atoms with van der Waals surface area (Å²) < 4.78 is 2.36. The fourth-order valence-electron chi connectivity index (χ4n) is 3.09. The van der Waals surface area contributed by atoms with E-state index in [-0.39, 0.29) is 0 Å². The number of nitrogens with zero attached hydrogens (tertiary/aromatic N) is 2. The van der Waals surface area contributed by atoms with E-state index in [1.165, 1.54) is 22.2 Å². The number of fused-ring (bicyclic) bond motifs is 1. The summed E-state index contributed by atoms with van der Waals surface area (Å²) in [6.45, 7) is 5.94. The van der Waals surface area contributed by atoms with Gasteiger partial charge in [-0.15, -0.1) is 0 Å². The van der Waals surface area contributed by atoms with Crippen molar-refractivity contribution in [3.8, 4) is 0 Å². The van der Waals surface area contributed by atoms with Crippen LogP contribution in [0.5, 0.6) is 0 Å². The molecular formula is C20H25N3. The fraction of sp³-hybridized carbons (Fsp3) is 0.350. The minimum absolute atomic E-state index is 0.639. The van der Waals surface area contributed by atoms with Gasteiger partial charge in [0.2, 0.25) is 0 Å². The Balaban J connectivity index is 1.85. The number of aromatic nitrogens is 2. The van der Waals surface area contributed by atoms with Crippen molar-refractivity contribution in [2.45, 2.75) is 39.7 Å². The van der Waals surface area contributed by atoms with Gasteiger partial charge in [0.15, 0.2) is 0 Å². The van der Waals surface area contributed by atoms with Gasteiger partial charge in [0.25, 0.3) is 0 Å². The molecule has 0 amide bonds. The third-order valence-electron chi connectivity index (χ3n) is 4.50. The van der Waals surface area contributed by atoms with Crippen molar-refractivity contribution in [1.82, 2.24) is 9.55 Å². The molecule has 0 fully saturated rings. The van der Waals surface area contributed by atoms with Gasteiger partial charge in [-0.05, 0) is 62.1 Å². The van der Waals surface area contributed by atoms with E-state index < -0.39 is 0 Å². The van der Waals surface area contributed by atoms with Crippen LogP contribution in [-0.2, 0) is 19.4 Å². The first-order chi connectivity index (χ1) is 11.2. The SMILES string of the molecule is Cc1cc2nc(CCN)n(CCCc3ccccc3)c2cc1C. The molecule has 1 aromatic heterocycles. The van der Waals surface area contributed by atoms with Crippen molar-refractivity contribution >= 4 is 11.0 Å². The quantitative estimate of drug-likeness (QED) is 0.753. The maximum absolute atomic E-state index is 5.78. The molecule has 23 heavy (non-hydrogen) atoms. The Morgan fingerprint density at radius 3 is 2.48 bits per heavy atom. The lowest BCUT2D eigenvalue weighted by Crippen LogP contribution is -2.10. The summed E-state index contributed by atoms with van der Waals surface area (Å²) in [6.07, 6.45) is 3.03. The zero-order valence-electron chi connectivity index (χ0n) is 14.0. The van der Waals surface area contributed by atoms with Crippen molar-refractivity contribution in [2.75, 3.05) is 6.54 Å². The Hall–Kier alpha value is -2.13. The molecule has 3 nitrogen and oxygen atoms in total. The molecule has 0 spiro atoms. The van der Waals surface area contributed by atoms with Crippen LogP contribution in [0.4, 0.5) is 0 Å². The van der Waals surface area contributed by atoms with E-state index in [1.54, 1.807) is 0 Å². The first kappa shape index (κ1) is 15.8. The average molecular weight is 307 g/mol. The maximum Gasteiger partial charge on any atom is 0.111 e. The molecule has 0 unspecified atom stereocenters. The number of hydrogen-bond donors (Lipinski definition) is 1. The second-order valence-electron chi connectivity index (χ2n) is 6.23. The molecule has 1 heterocycles.